The number of halogens is 2. The SMILES string of the molecule is O=Cc1[nH]c2c(Cl)c(Cl)ccc2c1-c1cnn(C2CCCCO2)c1. The predicted molar refractivity (Wildman–Crippen MR) is 93.8 cm³/mol. The minimum Gasteiger partial charge on any atom is -0.357 e. The zero-order valence-electron chi connectivity index (χ0n) is 12.8. The zero-order chi connectivity index (χ0) is 16.7. The molecule has 2 aromatic heterocycles. The van der Waals surface area contributed by atoms with Gasteiger partial charge in [-0.15, -0.1) is 0 Å². The lowest BCUT2D eigenvalue weighted by Gasteiger charge is -2.22. The number of carbonyl (C=O) groups excluding carboxylic acids is 1. The van der Waals surface area contributed by atoms with Crippen molar-refractivity contribution in [3.05, 3.63) is 40.3 Å². The molecule has 124 valence electrons. The summed E-state index contributed by atoms with van der Waals surface area (Å²) in [5, 5.41) is 6.12. The number of rotatable bonds is 3. The van der Waals surface area contributed by atoms with Crippen LogP contribution in [-0.2, 0) is 4.74 Å². The van der Waals surface area contributed by atoms with Gasteiger partial charge in [0.15, 0.2) is 6.29 Å². The van der Waals surface area contributed by atoms with Crippen molar-refractivity contribution in [3.8, 4) is 11.1 Å². The lowest BCUT2D eigenvalue weighted by atomic mass is 10.1. The topological polar surface area (TPSA) is 59.9 Å². The van der Waals surface area contributed by atoms with E-state index in [1.54, 1.807) is 12.3 Å². The van der Waals surface area contributed by atoms with E-state index in [4.69, 9.17) is 27.9 Å². The molecule has 3 heterocycles. The number of aromatic amines is 1. The zero-order valence-corrected chi connectivity index (χ0v) is 14.3. The van der Waals surface area contributed by atoms with E-state index in [-0.39, 0.29) is 6.23 Å². The van der Waals surface area contributed by atoms with Crippen LogP contribution in [0, 0.1) is 0 Å². The fourth-order valence-corrected chi connectivity index (χ4v) is 3.55. The van der Waals surface area contributed by atoms with E-state index in [0.29, 0.717) is 21.3 Å². The molecular weight excluding hydrogens is 349 g/mol. The molecule has 1 N–H and O–H groups in total. The normalized spacial score (nSPS) is 18.2. The minimum absolute atomic E-state index is 0.0459. The highest BCUT2D eigenvalue weighted by atomic mass is 35.5. The Bertz CT molecular complexity index is 910. The van der Waals surface area contributed by atoms with Crippen LogP contribution < -0.4 is 0 Å². The molecule has 1 aromatic carbocycles. The molecule has 0 aliphatic carbocycles. The number of hydrogen-bond donors (Lipinski definition) is 1. The second-order valence-corrected chi connectivity index (χ2v) is 6.63. The van der Waals surface area contributed by atoms with E-state index in [9.17, 15) is 4.79 Å². The van der Waals surface area contributed by atoms with Crippen LogP contribution in [0.25, 0.3) is 22.0 Å². The number of H-pyrrole nitrogens is 1. The average molecular weight is 364 g/mol. The monoisotopic (exact) mass is 363 g/mol. The first-order chi connectivity index (χ1) is 11.7. The summed E-state index contributed by atoms with van der Waals surface area (Å²) in [6.45, 7) is 0.751. The summed E-state index contributed by atoms with van der Waals surface area (Å²) >= 11 is 12.3. The van der Waals surface area contributed by atoms with E-state index >= 15 is 0 Å². The van der Waals surface area contributed by atoms with Gasteiger partial charge in [0.1, 0.15) is 6.23 Å². The number of aromatic nitrogens is 3. The second kappa shape index (κ2) is 6.24. The van der Waals surface area contributed by atoms with E-state index in [2.05, 4.69) is 10.1 Å². The quantitative estimate of drug-likeness (QED) is 0.676. The van der Waals surface area contributed by atoms with Crippen molar-refractivity contribution >= 4 is 40.4 Å². The highest BCUT2D eigenvalue weighted by molar-refractivity contribution is 6.45. The molecule has 0 spiro atoms. The van der Waals surface area contributed by atoms with Crippen molar-refractivity contribution < 1.29 is 9.53 Å². The number of fused-ring (bicyclic) bond motifs is 1. The summed E-state index contributed by atoms with van der Waals surface area (Å²) in [7, 11) is 0. The van der Waals surface area contributed by atoms with Crippen molar-refractivity contribution in [1.82, 2.24) is 14.8 Å². The van der Waals surface area contributed by atoms with E-state index in [0.717, 1.165) is 48.7 Å². The van der Waals surface area contributed by atoms with Crippen molar-refractivity contribution in [3.63, 3.8) is 0 Å². The standard InChI is InChI=1S/C17H15Cl2N3O2/c18-12-5-4-11-15(13(9-23)21-17(11)16(12)19)10-7-20-22(8-10)14-3-1-2-6-24-14/h4-5,7-9,14,21H,1-3,6H2. The third-order valence-electron chi connectivity index (χ3n) is 4.35. The Morgan fingerprint density at radius 1 is 1.33 bits per heavy atom. The molecule has 1 saturated heterocycles. The average Bonchev–Trinajstić information content (AvgIpc) is 3.23. The highest BCUT2D eigenvalue weighted by Gasteiger charge is 2.20. The molecule has 5 nitrogen and oxygen atoms in total. The van der Waals surface area contributed by atoms with Gasteiger partial charge in [0.2, 0.25) is 0 Å². The van der Waals surface area contributed by atoms with Crippen molar-refractivity contribution in [2.75, 3.05) is 6.61 Å². The molecule has 1 unspecified atom stereocenters. The van der Waals surface area contributed by atoms with Crippen LogP contribution in [0.4, 0.5) is 0 Å². The molecule has 1 aliphatic rings. The van der Waals surface area contributed by atoms with Crippen LogP contribution in [0.2, 0.25) is 10.0 Å². The Hall–Kier alpha value is -1.82. The van der Waals surface area contributed by atoms with E-state index < -0.39 is 0 Å². The Morgan fingerprint density at radius 3 is 2.96 bits per heavy atom. The smallest absolute Gasteiger partial charge is 0.166 e. The number of aldehydes is 1. The second-order valence-electron chi connectivity index (χ2n) is 5.85. The maximum Gasteiger partial charge on any atom is 0.166 e. The van der Waals surface area contributed by atoms with Gasteiger partial charge in [0, 0.05) is 29.3 Å². The number of benzene rings is 1. The summed E-state index contributed by atoms with van der Waals surface area (Å²) in [5.74, 6) is 0. The maximum atomic E-state index is 11.5. The molecule has 0 amide bonds. The Balaban J connectivity index is 1.83. The number of nitrogens with zero attached hydrogens (tertiary/aromatic N) is 2. The van der Waals surface area contributed by atoms with Gasteiger partial charge in [-0.25, -0.2) is 4.68 Å². The van der Waals surface area contributed by atoms with Gasteiger partial charge in [0.25, 0.3) is 0 Å². The number of ether oxygens (including phenoxy) is 1. The summed E-state index contributed by atoms with van der Waals surface area (Å²) in [6.07, 6.45) is 7.55. The van der Waals surface area contributed by atoms with Crippen LogP contribution in [-0.4, -0.2) is 27.7 Å². The molecule has 0 bridgehead atoms. The molecule has 1 fully saturated rings. The van der Waals surface area contributed by atoms with Crippen molar-refractivity contribution in [2.45, 2.75) is 25.5 Å². The molecule has 24 heavy (non-hydrogen) atoms. The van der Waals surface area contributed by atoms with Crippen molar-refractivity contribution in [1.29, 1.82) is 0 Å². The number of carbonyl (C=O) groups is 1. The van der Waals surface area contributed by atoms with Crippen LogP contribution in [0.5, 0.6) is 0 Å². The third kappa shape index (κ3) is 2.53. The Morgan fingerprint density at radius 2 is 2.21 bits per heavy atom. The van der Waals surface area contributed by atoms with Crippen LogP contribution in [0.15, 0.2) is 24.5 Å². The van der Waals surface area contributed by atoms with Crippen LogP contribution >= 0.6 is 23.2 Å². The maximum absolute atomic E-state index is 11.5. The molecule has 0 saturated carbocycles. The van der Waals surface area contributed by atoms with Gasteiger partial charge in [-0.05, 0) is 25.3 Å². The first kappa shape index (κ1) is 15.7. The summed E-state index contributed by atoms with van der Waals surface area (Å²) in [5.41, 5.74) is 2.73. The molecule has 0 radical (unpaired) electrons. The van der Waals surface area contributed by atoms with Gasteiger partial charge >= 0.3 is 0 Å². The molecule has 3 aromatic rings. The molecular formula is C17H15Cl2N3O2. The molecule has 4 rings (SSSR count). The summed E-state index contributed by atoms with van der Waals surface area (Å²) in [4.78, 5) is 14.6. The lowest BCUT2D eigenvalue weighted by molar-refractivity contribution is -0.0394. The first-order valence-electron chi connectivity index (χ1n) is 7.80. The van der Waals surface area contributed by atoms with Crippen molar-refractivity contribution in [2.24, 2.45) is 0 Å². The Kier molecular flexibility index (Phi) is 4.08. The van der Waals surface area contributed by atoms with Gasteiger partial charge in [-0.1, -0.05) is 29.3 Å². The minimum atomic E-state index is -0.0459. The fraction of sp³-hybridized carbons (Fsp3) is 0.294. The number of hydrogen-bond acceptors (Lipinski definition) is 3. The van der Waals surface area contributed by atoms with Gasteiger partial charge in [-0.3, -0.25) is 4.79 Å². The summed E-state index contributed by atoms with van der Waals surface area (Å²) < 4.78 is 7.58. The molecule has 1 aliphatic heterocycles. The lowest BCUT2D eigenvalue weighted by Crippen LogP contribution is -2.18. The third-order valence-corrected chi connectivity index (χ3v) is 5.16. The van der Waals surface area contributed by atoms with E-state index in [1.807, 2.05) is 16.9 Å². The van der Waals surface area contributed by atoms with Gasteiger partial charge in [0.05, 0.1) is 27.5 Å². The fourth-order valence-electron chi connectivity index (χ4n) is 3.18. The number of nitrogens with one attached hydrogen (secondary N) is 1. The van der Waals surface area contributed by atoms with Gasteiger partial charge < -0.3 is 9.72 Å². The molecule has 7 heteroatoms. The highest BCUT2D eigenvalue weighted by Crippen LogP contribution is 2.38. The first-order valence-corrected chi connectivity index (χ1v) is 8.55. The van der Waals surface area contributed by atoms with Crippen LogP contribution in [0.3, 0.4) is 0 Å². The summed E-state index contributed by atoms with van der Waals surface area (Å²) in [6, 6.07) is 3.59. The predicted octanol–water partition coefficient (Wildman–Crippen LogP) is 4.85. The van der Waals surface area contributed by atoms with Crippen LogP contribution in [0.1, 0.15) is 36.0 Å². The largest absolute Gasteiger partial charge is 0.357 e. The Labute approximate surface area is 148 Å². The van der Waals surface area contributed by atoms with Gasteiger partial charge in [-0.2, -0.15) is 5.10 Å². The van der Waals surface area contributed by atoms with E-state index in [1.165, 1.54) is 0 Å². The molecule has 1 atom stereocenters.